The van der Waals surface area contributed by atoms with Crippen LogP contribution in [0.2, 0.25) is 0 Å². The number of ether oxygens (including phenoxy) is 1. The van der Waals surface area contributed by atoms with Gasteiger partial charge in [0.05, 0.1) is 10.3 Å². The van der Waals surface area contributed by atoms with Crippen LogP contribution in [-0.4, -0.2) is 82.1 Å². The number of carbonyl (C=O) groups excluding carboxylic acids is 1. The van der Waals surface area contributed by atoms with Crippen LogP contribution in [0.25, 0.3) is 5.82 Å². The number of pyridine rings is 2. The number of nitrogens with zero attached hydrogens (tertiary/aromatic N) is 5. The van der Waals surface area contributed by atoms with Gasteiger partial charge in [-0.3, -0.25) is 4.79 Å². The summed E-state index contributed by atoms with van der Waals surface area (Å²) in [6.45, 7) is 5.34. The quantitative estimate of drug-likeness (QED) is 0.378. The molecule has 16 heteroatoms. The molecular formula is C30H38F3N7O4S2. The van der Waals surface area contributed by atoms with E-state index in [9.17, 15) is 26.4 Å². The van der Waals surface area contributed by atoms with Crippen LogP contribution in [0.15, 0.2) is 47.6 Å². The van der Waals surface area contributed by atoms with Gasteiger partial charge < -0.3 is 15.0 Å². The average Bonchev–Trinajstić information content (AvgIpc) is 3.61. The molecule has 3 aromatic rings. The highest BCUT2D eigenvalue weighted by molar-refractivity contribution is 8.33. The van der Waals surface area contributed by atoms with Gasteiger partial charge in [0, 0.05) is 30.9 Å². The molecule has 0 radical (unpaired) electrons. The minimum Gasteiger partial charge on any atom is -0.467 e. The molecule has 11 nitrogen and oxygen atoms in total. The predicted molar refractivity (Wildman–Crippen MR) is 170 cm³/mol. The van der Waals surface area contributed by atoms with Crippen LogP contribution >= 0.6 is 10.0 Å². The Balaban J connectivity index is 1.31. The van der Waals surface area contributed by atoms with Gasteiger partial charge in [0.25, 0.3) is 15.9 Å². The number of fused-ring (bicyclic) bond motifs is 6. The number of amides is 1. The Morgan fingerprint density at radius 3 is 2.59 bits per heavy atom. The molecule has 4 bridgehead atoms. The number of alkyl halides is 3. The highest BCUT2D eigenvalue weighted by Gasteiger charge is 2.69. The standard InChI is InChI=1S/C30H38F3N7O4S2/c1-28(2)17-20-7-6-15-34-22-8-5-9-25(35-22)46(42,43)38-27(41)21-10-11-23(36-26(21)39(28)18-20)40-16-12-24(37-40)44-19-45(3,4)29(13-14-29)30(31,32)33/h5,8-12,16,20H,6-7,13-15,17-19H2,1-4H3,(H,34,35)(H,38,41)/t20-/m0/s1. The number of hydrogen-bond donors (Lipinski definition) is 2. The van der Waals surface area contributed by atoms with Crippen LogP contribution in [0.4, 0.5) is 24.8 Å². The van der Waals surface area contributed by atoms with Crippen molar-refractivity contribution in [1.82, 2.24) is 24.5 Å². The summed E-state index contributed by atoms with van der Waals surface area (Å²) in [4.78, 5) is 24.7. The first-order chi connectivity index (χ1) is 21.5. The van der Waals surface area contributed by atoms with Crippen LogP contribution < -0.4 is 19.7 Å². The van der Waals surface area contributed by atoms with Crippen molar-refractivity contribution in [2.45, 2.75) is 67.4 Å². The van der Waals surface area contributed by atoms with Crippen LogP contribution in [0.5, 0.6) is 5.88 Å². The zero-order valence-corrected chi connectivity index (χ0v) is 27.7. The Hall–Kier alpha value is -3.53. The van der Waals surface area contributed by atoms with E-state index >= 15 is 0 Å². The Morgan fingerprint density at radius 2 is 1.87 bits per heavy atom. The fourth-order valence-corrected chi connectivity index (χ4v) is 9.91. The van der Waals surface area contributed by atoms with Crippen molar-refractivity contribution in [2.24, 2.45) is 5.92 Å². The van der Waals surface area contributed by atoms with Crippen molar-refractivity contribution in [1.29, 1.82) is 0 Å². The lowest BCUT2D eigenvalue weighted by Crippen LogP contribution is -2.41. The van der Waals surface area contributed by atoms with Crippen LogP contribution in [0, 0.1) is 5.92 Å². The van der Waals surface area contributed by atoms with Crippen molar-refractivity contribution < 1.29 is 31.1 Å². The molecule has 2 aliphatic heterocycles. The van der Waals surface area contributed by atoms with Crippen LogP contribution in [0.1, 0.15) is 56.3 Å². The third-order valence-corrected chi connectivity index (χ3v) is 13.9. The Bertz CT molecular complexity index is 1760. The molecule has 5 heterocycles. The van der Waals surface area contributed by atoms with Gasteiger partial charge in [0.15, 0.2) is 10.8 Å². The van der Waals surface area contributed by atoms with Crippen molar-refractivity contribution in [3.05, 3.63) is 48.2 Å². The first-order valence-electron chi connectivity index (χ1n) is 15.0. The van der Waals surface area contributed by atoms with E-state index in [2.05, 4.69) is 34.0 Å². The van der Waals surface area contributed by atoms with Gasteiger partial charge in [0.1, 0.15) is 17.6 Å². The van der Waals surface area contributed by atoms with Gasteiger partial charge in [-0.15, -0.1) is 5.10 Å². The summed E-state index contributed by atoms with van der Waals surface area (Å²) in [5, 5.41) is 7.31. The highest BCUT2D eigenvalue weighted by atomic mass is 32.3. The Labute approximate surface area is 267 Å². The molecule has 6 rings (SSSR count). The molecule has 1 saturated carbocycles. The maximum absolute atomic E-state index is 13.8. The van der Waals surface area contributed by atoms with Crippen molar-refractivity contribution >= 4 is 37.6 Å². The maximum Gasteiger partial charge on any atom is 0.401 e. The van der Waals surface area contributed by atoms with E-state index in [-0.39, 0.29) is 35.2 Å². The molecule has 1 amide bonds. The van der Waals surface area contributed by atoms with Gasteiger partial charge in [-0.1, -0.05) is 6.07 Å². The second-order valence-corrected chi connectivity index (χ2v) is 19.0. The van der Waals surface area contributed by atoms with E-state index in [4.69, 9.17) is 9.72 Å². The second-order valence-electron chi connectivity index (χ2n) is 13.3. The number of nitrogens with one attached hydrogen (secondary N) is 2. The highest BCUT2D eigenvalue weighted by Crippen LogP contribution is 2.72. The number of sulfonamides is 1. The predicted octanol–water partition coefficient (Wildman–Crippen LogP) is 5.09. The molecule has 250 valence electrons. The van der Waals surface area contributed by atoms with Gasteiger partial charge in [-0.05, 0) is 88.6 Å². The number of carbonyl (C=O) groups is 1. The van der Waals surface area contributed by atoms with Gasteiger partial charge >= 0.3 is 6.18 Å². The van der Waals surface area contributed by atoms with Crippen molar-refractivity contribution in [3.8, 4) is 11.7 Å². The molecule has 1 aliphatic carbocycles. The van der Waals surface area contributed by atoms with E-state index in [1.165, 1.54) is 22.9 Å². The normalized spacial score (nSPS) is 22.5. The van der Waals surface area contributed by atoms with E-state index in [1.807, 2.05) is 4.90 Å². The second kappa shape index (κ2) is 11.3. The Kier molecular flexibility index (Phi) is 7.97. The van der Waals surface area contributed by atoms with Gasteiger partial charge in [-0.2, -0.15) is 31.6 Å². The van der Waals surface area contributed by atoms with E-state index < -0.39 is 42.4 Å². The number of hydrogen-bond acceptors (Lipinski definition) is 9. The number of rotatable bonds is 5. The van der Waals surface area contributed by atoms with Crippen LogP contribution in [0.3, 0.4) is 0 Å². The van der Waals surface area contributed by atoms with E-state index in [1.54, 1.807) is 36.9 Å². The first-order valence-corrected chi connectivity index (χ1v) is 19.1. The number of halogens is 3. The lowest BCUT2D eigenvalue weighted by Gasteiger charge is -2.40. The summed E-state index contributed by atoms with van der Waals surface area (Å²) in [7, 11) is -6.48. The topological polar surface area (TPSA) is 131 Å². The maximum atomic E-state index is 13.8. The van der Waals surface area contributed by atoms with E-state index in [0.717, 1.165) is 19.3 Å². The monoisotopic (exact) mass is 681 g/mol. The van der Waals surface area contributed by atoms with E-state index in [0.29, 0.717) is 36.5 Å². The average molecular weight is 682 g/mol. The first kappa shape index (κ1) is 32.4. The van der Waals surface area contributed by atoms with Crippen molar-refractivity contribution in [3.63, 3.8) is 0 Å². The third kappa shape index (κ3) is 6.00. The molecule has 0 aromatic carbocycles. The Morgan fingerprint density at radius 1 is 1.11 bits per heavy atom. The van der Waals surface area contributed by atoms with Gasteiger partial charge in [-0.25, -0.2) is 19.4 Å². The SMILES string of the molecule is CC1(C)C[C@@H]2CCCNc3cccc(n3)S(=O)(=O)NC(=O)c3ccc(-n4ccc(OCS(C)(C)C5(C(F)(F)F)CC5)n4)nc3N1C2. The molecule has 2 fully saturated rings. The fourth-order valence-electron chi connectivity index (χ4n) is 6.50. The molecule has 1 atom stereocenters. The summed E-state index contributed by atoms with van der Waals surface area (Å²) < 4.78 is 75.5. The zero-order chi connectivity index (χ0) is 33.1. The fraction of sp³-hybridized carbons (Fsp3) is 0.533. The largest absolute Gasteiger partial charge is 0.467 e. The summed E-state index contributed by atoms with van der Waals surface area (Å²) in [5.41, 5.74) is -0.328. The summed E-state index contributed by atoms with van der Waals surface area (Å²) in [6, 6.07) is 9.17. The smallest absolute Gasteiger partial charge is 0.401 e. The molecule has 1 saturated heterocycles. The molecule has 3 aromatic heterocycles. The summed E-state index contributed by atoms with van der Waals surface area (Å²) in [5.74, 6) is 0.560. The lowest BCUT2D eigenvalue weighted by atomic mass is 9.93. The number of aromatic nitrogens is 4. The molecule has 2 N–H and O–H groups in total. The minimum atomic E-state index is -4.31. The lowest BCUT2D eigenvalue weighted by molar-refractivity contribution is -0.136. The van der Waals surface area contributed by atoms with Crippen molar-refractivity contribution in [2.75, 3.05) is 41.8 Å². The minimum absolute atomic E-state index is 0.0704. The third-order valence-electron chi connectivity index (χ3n) is 9.22. The molecular weight excluding hydrogens is 644 g/mol. The van der Waals surface area contributed by atoms with Crippen LogP contribution in [-0.2, 0) is 10.0 Å². The molecule has 0 unspecified atom stereocenters. The summed E-state index contributed by atoms with van der Waals surface area (Å²) >= 11 is 0. The number of anilines is 2. The zero-order valence-electron chi connectivity index (χ0n) is 26.1. The van der Waals surface area contributed by atoms with Gasteiger partial charge in [0.2, 0.25) is 5.88 Å². The molecule has 0 spiro atoms. The molecule has 46 heavy (non-hydrogen) atoms. The molecule has 3 aliphatic rings. The summed E-state index contributed by atoms with van der Waals surface area (Å²) in [6.07, 6.45) is 3.38.